The van der Waals surface area contributed by atoms with Crippen molar-refractivity contribution in [3.05, 3.63) is 0 Å². The summed E-state index contributed by atoms with van der Waals surface area (Å²) in [6.07, 6.45) is 0.370. The van der Waals surface area contributed by atoms with Crippen LogP contribution in [0.3, 0.4) is 0 Å². The minimum absolute atomic E-state index is 0.186. The zero-order chi connectivity index (χ0) is 9.61. The zero-order valence-corrected chi connectivity index (χ0v) is 8.02. The Morgan fingerprint density at radius 1 is 1.58 bits per heavy atom. The minimum Gasteiger partial charge on any atom is -0.466 e. The lowest BCUT2D eigenvalue weighted by molar-refractivity contribution is -0.143. The molecule has 0 fully saturated rings. The van der Waals surface area contributed by atoms with E-state index in [0.717, 1.165) is 0 Å². The Bertz CT molecular complexity index is 140. The van der Waals surface area contributed by atoms with Crippen LogP contribution in [0.15, 0.2) is 0 Å². The summed E-state index contributed by atoms with van der Waals surface area (Å²) in [7, 11) is 0. The molecule has 12 heavy (non-hydrogen) atoms. The fourth-order valence-corrected chi connectivity index (χ4v) is 0.720. The minimum atomic E-state index is -0.424. The van der Waals surface area contributed by atoms with Gasteiger partial charge in [0.25, 0.3) is 0 Å². The summed E-state index contributed by atoms with van der Waals surface area (Å²) in [5.74, 6) is -0.186. The Kier molecular flexibility index (Phi) is 4.85. The number of rotatable bonds is 5. The van der Waals surface area contributed by atoms with Gasteiger partial charge in [-0.25, -0.2) is 0 Å². The van der Waals surface area contributed by atoms with Gasteiger partial charge < -0.3 is 10.5 Å². The molecule has 0 radical (unpaired) electrons. The van der Waals surface area contributed by atoms with Crippen LogP contribution in [0.5, 0.6) is 0 Å². The molecule has 0 amide bonds. The van der Waals surface area contributed by atoms with Gasteiger partial charge in [0.05, 0.1) is 18.7 Å². The van der Waals surface area contributed by atoms with Crippen LogP contribution in [-0.4, -0.2) is 24.8 Å². The van der Waals surface area contributed by atoms with Crippen LogP contribution in [-0.2, 0) is 9.53 Å². The van der Waals surface area contributed by atoms with E-state index in [2.05, 4.69) is 5.32 Å². The van der Waals surface area contributed by atoms with Crippen LogP contribution in [0.4, 0.5) is 0 Å². The largest absolute Gasteiger partial charge is 0.466 e. The van der Waals surface area contributed by atoms with Crippen molar-refractivity contribution in [3.63, 3.8) is 0 Å². The van der Waals surface area contributed by atoms with Gasteiger partial charge in [-0.15, -0.1) is 0 Å². The summed E-state index contributed by atoms with van der Waals surface area (Å²) in [6.45, 7) is 6.47. The Morgan fingerprint density at radius 2 is 2.17 bits per heavy atom. The van der Waals surface area contributed by atoms with Crippen LogP contribution in [0.1, 0.15) is 27.2 Å². The maximum absolute atomic E-state index is 10.8. The van der Waals surface area contributed by atoms with Gasteiger partial charge in [-0.1, -0.05) is 0 Å². The van der Waals surface area contributed by atoms with Gasteiger partial charge in [-0.3, -0.25) is 10.1 Å². The third-order valence-electron chi connectivity index (χ3n) is 1.22. The molecule has 3 N–H and O–H groups in total. The normalized spacial score (nSPS) is 11.3. The van der Waals surface area contributed by atoms with Crippen molar-refractivity contribution >= 4 is 5.97 Å². The highest BCUT2D eigenvalue weighted by Gasteiger charge is 2.09. The molecule has 0 aliphatic carbocycles. The second-order valence-electron chi connectivity index (χ2n) is 3.20. The summed E-state index contributed by atoms with van der Waals surface area (Å²) < 4.78 is 4.74. The maximum atomic E-state index is 10.8. The third-order valence-corrected chi connectivity index (χ3v) is 1.22. The van der Waals surface area contributed by atoms with Crippen molar-refractivity contribution in [3.8, 4) is 0 Å². The first-order valence-electron chi connectivity index (χ1n) is 4.15. The van der Waals surface area contributed by atoms with Gasteiger partial charge in [0, 0.05) is 6.54 Å². The molecule has 0 aliphatic rings. The van der Waals surface area contributed by atoms with Crippen molar-refractivity contribution in [2.24, 2.45) is 5.73 Å². The van der Waals surface area contributed by atoms with Crippen LogP contribution >= 0.6 is 0 Å². The highest BCUT2D eigenvalue weighted by Crippen LogP contribution is 1.91. The molecular weight excluding hydrogens is 156 g/mol. The van der Waals surface area contributed by atoms with E-state index < -0.39 is 5.66 Å². The molecule has 0 saturated heterocycles. The third kappa shape index (κ3) is 7.50. The second-order valence-corrected chi connectivity index (χ2v) is 3.20. The number of hydrogen-bond donors (Lipinski definition) is 2. The first kappa shape index (κ1) is 11.4. The molecule has 4 nitrogen and oxygen atoms in total. The van der Waals surface area contributed by atoms with Gasteiger partial charge >= 0.3 is 5.97 Å². The molecule has 0 aromatic heterocycles. The molecule has 0 heterocycles. The average Bonchev–Trinajstić information content (AvgIpc) is 1.84. The highest BCUT2D eigenvalue weighted by atomic mass is 16.5. The van der Waals surface area contributed by atoms with E-state index in [4.69, 9.17) is 10.5 Å². The van der Waals surface area contributed by atoms with Gasteiger partial charge in [0.2, 0.25) is 0 Å². The predicted octanol–water partition coefficient (Wildman–Crippen LogP) is 0.224. The maximum Gasteiger partial charge on any atom is 0.307 e. The quantitative estimate of drug-likeness (QED) is 0.462. The summed E-state index contributed by atoms with van der Waals surface area (Å²) in [4.78, 5) is 10.8. The summed E-state index contributed by atoms with van der Waals surface area (Å²) in [5, 5.41) is 2.99. The predicted molar refractivity (Wildman–Crippen MR) is 47.5 cm³/mol. The number of carbonyl (C=O) groups excluding carboxylic acids is 1. The highest BCUT2D eigenvalue weighted by molar-refractivity contribution is 5.69. The van der Waals surface area contributed by atoms with E-state index >= 15 is 0 Å². The SMILES string of the molecule is CCOC(=O)CCNC(C)(C)N. The van der Waals surface area contributed by atoms with Gasteiger partial charge in [-0.2, -0.15) is 0 Å². The fraction of sp³-hybridized carbons (Fsp3) is 0.875. The van der Waals surface area contributed by atoms with Crippen molar-refractivity contribution in [1.82, 2.24) is 5.32 Å². The lowest BCUT2D eigenvalue weighted by Crippen LogP contribution is -2.48. The summed E-state index contributed by atoms with van der Waals surface area (Å²) in [5.41, 5.74) is 5.21. The molecule has 0 aliphatic heterocycles. The van der Waals surface area contributed by atoms with Gasteiger partial charge in [0.1, 0.15) is 0 Å². The van der Waals surface area contributed by atoms with Gasteiger partial charge in [-0.05, 0) is 20.8 Å². The molecule has 0 rings (SSSR count). The number of nitrogens with one attached hydrogen (secondary N) is 1. The molecule has 0 atom stereocenters. The van der Waals surface area contributed by atoms with Crippen molar-refractivity contribution in [2.45, 2.75) is 32.9 Å². The molecule has 0 unspecified atom stereocenters. The van der Waals surface area contributed by atoms with E-state index in [-0.39, 0.29) is 5.97 Å². The van der Waals surface area contributed by atoms with E-state index in [1.807, 2.05) is 13.8 Å². The number of nitrogens with two attached hydrogens (primary N) is 1. The molecular formula is C8H18N2O2. The van der Waals surface area contributed by atoms with Crippen molar-refractivity contribution < 1.29 is 9.53 Å². The van der Waals surface area contributed by atoms with Crippen LogP contribution in [0.25, 0.3) is 0 Å². The van der Waals surface area contributed by atoms with E-state index in [9.17, 15) is 4.79 Å². The Labute approximate surface area is 73.5 Å². The molecule has 0 aromatic rings. The fourth-order valence-electron chi connectivity index (χ4n) is 0.720. The van der Waals surface area contributed by atoms with Crippen LogP contribution in [0, 0.1) is 0 Å². The van der Waals surface area contributed by atoms with Crippen LogP contribution in [0.2, 0.25) is 0 Å². The molecule has 4 heteroatoms. The molecule has 0 bridgehead atoms. The zero-order valence-electron chi connectivity index (χ0n) is 8.02. The monoisotopic (exact) mass is 174 g/mol. The Morgan fingerprint density at radius 3 is 2.58 bits per heavy atom. The summed E-state index contributed by atoms with van der Waals surface area (Å²) in [6, 6.07) is 0. The molecule has 0 aromatic carbocycles. The number of hydrogen-bond acceptors (Lipinski definition) is 4. The van der Waals surface area contributed by atoms with Crippen molar-refractivity contribution in [1.29, 1.82) is 0 Å². The lowest BCUT2D eigenvalue weighted by atomic mass is 10.2. The first-order valence-corrected chi connectivity index (χ1v) is 4.15. The first-order chi connectivity index (χ1) is 5.45. The van der Waals surface area contributed by atoms with Crippen LogP contribution < -0.4 is 11.1 Å². The van der Waals surface area contributed by atoms with E-state index in [1.54, 1.807) is 6.92 Å². The topological polar surface area (TPSA) is 64.3 Å². The number of ether oxygens (including phenoxy) is 1. The summed E-state index contributed by atoms with van der Waals surface area (Å²) >= 11 is 0. The smallest absolute Gasteiger partial charge is 0.307 e. The lowest BCUT2D eigenvalue weighted by Gasteiger charge is -2.19. The number of esters is 1. The Balaban J connectivity index is 3.37. The van der Waals surface area contributed by atoms with E-state index in [0.29, 0.717) is 19.6 Å². The van der Waals surface area contributed by atoms with Crippen molar-refractivity contribution in [2.75, 3.05) is 13.2 Å². The molecule has 0 spiro atoms. The number of carbonyl (C=O) groups is 1. The second kappa shape index (κ2) is 5.11. The standard InChI is InChI=1S/C8H18N2O2/c1-4-12-7(11)5-6-10-8(2,3)9/h10H,4-6,9H2,1-3H3. The Hall–Kier alpha value is -0.610. The average molecular weight is 174 g/mol. The van der Waals surface area contributed by atoms with Gasteiger partial charge in [0.15, 0.2) is 0 Å². The molecule has 72 valence electrons. The molecule has 0 saturated carbocycles. The van der Waals surface area contributed by atoms with E-state index in [1.165, 1.54) is 0 Å².